The maximum atomic E-state index is 13.4. The summed E-state index contributed by atoms with van der Waals surface area (Å²) in [5.74, 6) is 0. The van der Waals surface area contributed by atoms with Crippen LogP contribution in [0.2, 0.25) is 0 Å². The van der Waals surface area contributed by atoms with Crippen LogP contribution in [0.5, 0.6) is 0 Å². The van der Waals surface area contributed by atoms with Gasteiger partial charge in [0.1, 0.15) is 0 Å². The van der Waals surface area contributed by atoms with Crippen molar-refractivity contribution in [3.8, 4) is 0 Å². The second kappa shape index (κ2) is 9.56. The van der Waals surface area contributed by atoms with Crippen LogP contribution in [-0.4, -0.2) is 14.1 Å². The van der Waals surface area contributed by atoms with Crippen molar-refractivity contribution >= 4 is 19.1 Å². The van der Waals surface area contributed by atoms with Gasteiger partial charge >= 0.3 is 7.75 Å². The van der Waals surface area contributed by atoms with Crippen LogP contribution < -0.4 is 9.99 Å². The third-order valence-corrected chi connectivity index (χ3v) is 5.61. The molecule has 0 aliphatic carbocycles. The summed E-state index contributed by atoms with van der Waals surface area (Å²) >= 11 is 0. The van der Waals surface area contributed by atoms with Gasteiger partial charge in [0, 0.05) is 25.5 Å². The molecule has 0 aromatic heterocycles. The molecule has 1 N–H and O–H groups in total. The molecule has 0 aliphatic heterocycles. The molecule has 0 spiro atoms. The third-order valence-electron chi connectivity index (χ3n) is 4.14. The molecule has 0 aliphatic rings. The number of benzene rings is 3. The van der Waals surface area contributed by atoms with Crippen molar-refractivity contribution in [1.29, 1.82) is 0 Å². The van der Waals surface area contributed by atoms with E-state index in [0.717, 1.165) is 16.8 Å². The van der Waals surface area contributed by atoms with Crippen molar-refractivity contribution in [2.75, 3.05) is 24.1 Å². The summed E-state index contributed by atoms with van der Waals surface area (Å²) in [5, 5.41) is 2.95. The molecule has 0 radical (unpaired) electrons. The highest BCUT2D eigenvalue weighted by atomic mass is 31.2. The lowest BCUT2D eigenvalue weighted by Crippen LogP contribution is -2.09. The lowest BCUT2D eigenvalue weighted by molar-refractivity contribution is 0.195. The van der Waals surface area contributed by atoms with Crippen molar-refractivity contribution in [2.24, 2.45) is 0 Å². The molecule has 0 atom stereocenters. The van der Waals surface area contributed by atoms with Crippen LogP contribution in [0, 0.1) is 0 Å². The van der Waals surface area contributed by atoms with Gasteiger partial charge < -0.3 is 4.90 Å². The Kier molecular flexibility index (Phi) is 6.88. The topological polar surface area (TPSA) is 50.8 Å². The highest BCUT2D eigenvalue weighted by Crippen LogP contribution is 2.49. The zero-order valence-corrected chi connectivity index (χ0v) is 17.0. The minimum atomic E-state index is -3.57. The lowest BCUT2D eigenvalue weighted by atomic mass is 10.2. The fourth-order valence-corrected chi connectivity index (χ4v) is 3.87. The molecule has 0 fully saturated rings. The van der Waals surface area contributed by atoms with E-state index >= 15 is 0 Å². The first-order valence-electron chi connectivity index (χ1n) is 9.07. The Labute approximate surface area is 166 Å². The smallest absolute Gasteiger partial charge is 0.378 e. The second-order valence-corrected chi connectivity index (χ2v) is 8.30. The molecule has 146 valence electrons. The molecule has 5 nitrogen and oxygen atoms in total. The first kappa shape index (κ1) is 20.2. The summed E-state index contributed by atoms with van der Waals surface area (Å²) in [6.07, 6.45) is 0. The second-order valence-electron chi connectivity index (χ2n) is 6.57. The van der Waals surface area contributed by atoms with E-state index in [1.165, 1.54) is 0 Å². The molecule has 0 unspecified atom stereocenters. The Morgan fingerprint density at radius 1 is 0.750 bits per heavy atom. The van der Waals surface area contributed by atoms with Crippen molar-refractivity contribution in [3.05, 3.63) is 96.1 Å². The van der Waals surface area contributed by atoms with Crippen LogP contribution in [-0.2, 0) is 26.8 Å². The molecule has 3 rings (SSSR count). The molecule has 3 aromatic carbocycles. The average molecular weight is 396 g/mol. The highest BCUT2D eigenvalue weighted by molar-refractivity contribution is 7.55. The molecule has 3 aromatic rings. The monoisotopic (exact) mass is 396 g/mol. The normalized spacial score (nSPS) is 11.2. The van der Waals surface area contributed by atoms with Gasteiger partial charge in [-0.2, -0.15) is 0 Å². The SMILES string of the molecule is CN(C)c1ccc(NP(=O)(OCc2ccccc2)OCc2ccccc2)cc1. The third kappa shape index (κ3) is 5.96. The van der Waals surface area contributed by atoms with Crippen LogP contribution in [0.4, 0.5) is 11.4 Å². The Morgan fingerprint density at radius 3 is 1.64 bits per heavy atom. The summed E-state index contributed by atoms with van der Waals surface area (Å²) in [4.78, 5) is 2.00. The molecule has 28 heavy (non-hydrogen) atoms. The van der Waals surface area contributed by atoms with E-state index < -0.39 is 7.75 Å². The van der Waals surface area contributed by atoms with Gasteiger partial charge in [0.25, 0.3) is 0 Å². The number of anilines is 2. The number of hydrogen-bond acceptors (Lipinski definition) is 4. The Morgan fingerprint density at radius 2 is 1.21 bits per heavy atom. The summed E-state index contributed by atoms with van der Waals surface area (Å²) in [6, 6.07) is 26.8. The molecule has 0 heterocycles. The zero-order chi connectivity index (χ0) is 19.8. The van der Waals surface area contributed by atoms with Gasteiger partial charge in [-0.15, -0.1) is 0 Å². The quantitative estimate of drug-likeness (QED) is 0.470. The zero-order valence-electron chi connectivity index (χ0n) is 16.1. The molecule has 0 bridgehead atoms. The number of hydrogen-bond donors (Lipinski definition) is 1. The number of nitrogens with one attached hydrogen (secondary N) is 1. The van der Waals surface area contributed by atoms with Crippen LogP contribution in [0.25, 0.3) is 0 Å². The highest BCUT2D eigenvalue weighted by Gasteiger charge is 2.25. The van der Waals surface area contributed by atoms with Gasteiger partial charge in [-0.1, -0.05) is 60.7 Å². The predicted molar refractivity (Wildman–Crippen MR) is 114 cm³/mol. The summed E-state index contributed by atoms with van der Waals surface area (Å²) < 4.78 is 24.8. The van der Waals surface area contributed by atoms with Crippen LogP contribution >= 0.6 is 7.75 Å². The summed E-state index contributed by atoms with van der Waals surface area (Å²) in [7, 11) is 0.368. The minimum absolute atomic E-state index is 0.190. The molecule has 0 saturated carbocycles. The molecule has 0 amide bonds. The van der Waals surface area contributed by atoms with E-state index in [4.69, 9.17) is 9.05 Å². The average Bonchev–Trinajstić information content (AvgIpc) is 2.73. The summed E-state index contributed by atoms with van der Waals surface area (Å²) in [5.41, 5.74) is 3.58. The van der Waals surface area contributed by atoms with Crippen molar-refractivity contribution in [2.45, 2.75) is 13.2 Å². The Hall–Kier alpha value is -2.59. The van der Waals surface area contributed by atoms with Gasteiger partial charge in [-0.05, 0) is 35.4 Å². The van der Waals surface area contributed by atoms with Gasteiger partial charge in [0.15, 0.2) is 0 Å². The fraction of sp³-hybridized carbons (Fsp3) is 0.182. The standard InChI is InChI=1S/C22H25N2O3P/c1-24(2)22-15-13-21(14-16-22)23-28(25,26-17-19-9-5-3-6-10-19)27-18-20-11-7-4-8-12-20/h3-16H,17-18H2,1-2H3,(H,23,25). The van der Waals surface area contributed by atoms with Crippen LogP contribution in [0.15, 0.2) is 84.9 Å². The lowest BCUT2D eigenvalue weighted by Gasteiger charge is -2.21. The van der Waals surface area contributed by atoms with Crippen molar-refractivity contribution < 1.29 is 13.6 Å². The van der Waals surface area contributed by atoms with Crippen LogP contribution in [0.3, 0.4) is 0 Å². The number of rotatable bonds is 9. The van der Waals surface area contributed by atoms with Gasteiger partial charge in [-0.3, -0.25) is 14.1 Å². The predicted octanol–water partition coefficient (Wildman–Crippen LogP) is 5.71. The van der Waals surface area contributed by atoms with E-state index in [1.807, 2.05) is 104 Å². The van der Waals surface area contributed by atoms with Crippen LogP contribution in [0.1, 0.15) is 11.1 Å². The van der Waals surface area contributed by atoms with Crippen molar-refractivity contribution in [1.82, 2.24) is 0 Å². The number of nitrogens with zero attached hydrogens (tertiary/aromatic N) is 1. The van der Waals surface area contributed by atoms with Gasteiger partial charge in [-0.25, -0.2) is 4.57 Å². The Balaban J connectivity index is 1.73. The van der Waals surface area contributed by atoms with Crippen molar-refractivity contribution in [3.63, 3.8) is 0 Å². The van der Waals surface area contributed by atoms with E-state index in [-0.39, 0.29) is 13.2 Å². The first-order valence-corrected chi connectivity index (χ1v) is 10.6. The minimum Gasteiger partial charge on any atom is -0.378 e. The molecule has 6 heteroatoms. The largest absolute Gasteiger partial charge is 0.433 e. The summed E-state index contributed by atoms with van der Waals surface area (Å²) in [6.45, 7) is 0.380. The van der Waals surface area contributed by atoms with E-state index in [0.29, 0.717) is 5.69 Å². The maximum absolute atomic E-state index is 13.4. The van der Waals surface area contributed by atoms with E-state index in [2.05, 4.69) is 5.09 Å². The Bertz CT molecular complexity index is 853. The molecular formula is C22H25N2O3P. The fourth-order valence-electron chi connectivity index (χ4n) is 2.56. The van der Waals surface area contributed by atoms with E-state index in [9.17, 15) is 4.57 Å². The van der Waals surface area contributed by atoms with Gasteiger partial charge in [0.05, 0.1) is 13.2 Å². The van der Waals surface area contributed by atoms with E-state index in [1.54, 1.807) is 0 Å². The molecular weight excluding hydrogens is 371 g/mol. The van der Waals surface area contributed by atoms with Gasteiger partial charge in [0.2, 0.25) is 0 Å². The molecule has 0 saturated heterocycles. The maximum Gasteiger partial charge on any atom is 0.433 e. The first-order chi connectivity index (χ1) is 13.5.